The van der Waals surface area contributed by atoms with E-state index in [1.165, 1.54) is 4.31 Å². The zero-order chi connectivity index (χ0) is 14.8. The maximum Gasteiger partial charge on any atom is 0.301 e. The number of benzene rings is 1. The van der Waals surface area contributed by atoms with Crippen LogP contribution in [0.2, 0.25) is 0 Å². The first-order valence-electron chi connectivity index (χ1n) is 6.91. The average Bonchev–Trinajstić information content (AvgIpc) is 2.38. The second-order valence-electron chi connectivity index (χ2n) is 5.42. The van der Waals surface area contributed by atoms with Gasteiger partial charge in [0.2, 0.25) is 0 Å². The molecule has 0 spiro atoms. The lowest BCUT2D eigenvalue weighted by molar-refractivity contribution is 0.282. The zero-order valence-electron chi connectivity index (χ0n) is 11.8. The van der Waals surface area contributed by atoms with Gasteiger partial charge in [0.15, 0.2) is 0 Å². The van der Waals surface area contributed by atoms with E-state index < -0.39 is 10.2 Å². The number of nitrogens with one attached hydrogen (secondary N) is 1. The highest BCUT2D eigenvalue weighted by atomic mass is 35.5. The third-order valence-corrected chi connectivity index (χ3v) is 5.31. The molecule has 1 aliphatic heterocycles. The summed E-state index contributed by atoms with van der Waals surface area (Å²) < 4.78 is 29.1. The van der Waals surface area contributed by atoms with Crippen LogP contribution in [0.15, 0.2) is 24.3 Å². The van der Waals surface area contributed by atoms with Gasteiger partial charge in [-0.15, -0.1) is 11.6 Å². The SMILES string of the molecule is CC1CCCN(S(=O)(=O)Nc2ccccc2C(C)Cl)C1. The molecule has 0 saturated carbocycles. The molecular weight excluding hydrogens is 296 g/mol. The van der Waals surface area contributed by atoms with Crippen LogP contribution in [0.3, 0.4) is 0 Å². The summed E-state index contributed by atoms with van der Waals surface area (Å²) in [5.74, 6) is 0.405. The number of halogens is 1. The van der Waals surface area contributed by atoms with Crippen LogP contribution >= 0.6 is 11.6 Å². The number of nitrogens with zero attached hydrogens (tertiary/aromatic N) is 1. The molecule has 1 saturated heterocycles. The van der Waals surface area contributed by atoms with Crippen molar-refractivity contribution in [3.63, 3.8) is 0 Å². The van der Waals surface area contributed by atoms with E-state index in [4.69, 9.17) is 11.6 Å². The number of anilines is 1. The van der Waals surface area contributed by atoms with Gasteiger partial charge in [0, 0.05) is 13.1 Å². The maximum atomic E-state index is 12.4. The molecule has 1 N–H and O–H groups in total. The molecule has 0 aliphatic carbocycles. The Hall–Kier alpha value is -0.780. The van der Waals surface area contributed by atoms with Gasteiger partial charge in [-0.3, -0.25) is 4.72 Å². The summed E-state index contributed by atoms with van der Waals surface area (Å²) in [6.45, 7) is 5.07. The van der Waals surface area contributed by atoms with Gasteiger partial charge in [-0.1, -0.05) is 25.1 Å². The van der Waals surface area contributed by atoms with Crippen molar-refractivity contribution < 1.29 is 8.42 Å². The van der Waals surface area contributed by atoms with Crippen molar-refractivity contribution in [2.75, 3.05) is 17.8 Å². The van der Waals surface area contributed by atoms with Crippen LogP contribution in [0.5, 0.6) is 0 Å². The number of rotatable bonds is 4. The van der Waals surface area contributed by atoms with Crippen LogP contribution in [0, 0.1) is 5.92 Å². The molecule has 6 heteroatoms. The third kappa shape index (κ3) is 3.65. The summed E-state index contributed by atoms with van der Waals surface area (Å²) in [7, 11) is -3.50. The van der Waals surface area contributed by atoms with Crippen molar-refractivity contribution in [2.45, 2.75) is 32.1 Å². The van der Waals surface area contributed by atoms with Crippen LogP contribution in [0.4, 0.5) is 5.69 Å². The molecule has 2 rings (SSSR count). The number of hydrogen-bond acceptors (Lipinski definition) is 2. The summed E-state index contributed by atoms with van der Waals surface area (Å²) in [4.78, 5) is 0. The van der Waals surface area contributed by atoms with Gasteiger partial charge in [-0.25, -0.2) is 0 Å². The molecule has 2 unspecified atom stereocenters. The summed E-state index contributed by atoms with van der Waals surface area (Å²) in [5.41, 5.74) is 1.36. The number of hydrogen-bond donors (Lipinski definition) is 1. The summed E-state index contributed by atoms with van der Waals surface area (Å²) >= 11 is 6.10. The standard InChI is InChI=1S/C14H21ClN2O2S/c1-11-6-5-9-17(10-11)20(18,19)16-14-8-4-3-7-13(14)12(2)15/h3-4,7-8,11-12,16H,5-6,9-10H2,1-2H3. The lowest BCUT2D eigenvalue weighted by Gasteiger charge is -2.30. The maximum absolute atomic E-state index is 12.4. The molecule has 1 aromatic rings. The molecule has 0 bridgehead atoms. The lowest BCUT2D eigenvalue weighted by atomic mass is 10.0. The fourth-order valence-electron chi connectivity index (χ4n) is 2.50. The second-order valence-corrected chi connectivity index (χ2v) is 7.74. The quantitative estimate of drug-likeness (QED) is 0.866. The Morgan fingerprint density at radius 2 is 2.10 bits per heavy atom. The Labute approximate surface area is 126 Å². The Kier molecular flexibility index (Phi) is 4.94. The number of para-hydroxylation sites is 1. The molecule has 20 heavy (non-hydrogen) atoms. The van der Waals surface area contributed by atoms with Crippen LogP contribution in [0.25, 0.3) is 0 Å². The first-order chi connectivity index (χ1) is 9.40. The van der Waals surface area contributed by atoms with E-state index in [2.05, 4.69) is 11.6 Å². The van der Waals surface area contributed by atoms with Crippen molar-refractivity contribution >= 4 is 27.5 Å². The predicted octanol–water partition coefficient (Wildman–Crippen LogP) is 3.38. The normalized spacial score (nSPS) is 22.4. The summed E-state index contributed by atoms with van der Waals surface area (Å²) in [6, 6.07) is 7.25. The lowest BCUT2D eigenvalue weighted by Crippen LogP contribution is -2.42. The fourth-order valence-corrected chi connectivity index (χ4v) is 4.11. The predicted molar refractivity (Wildman–Crippen MR) is 83.2 cm³/mol. The highest BCUT2D eigenvalue weighted by Gasteiger charge is 2.27. The van der Waals surface area contributed by atoms with Gasteiger partial charge >= 0.3 is 10.2 Å². The molecule has 0 amide bonds. The van der Waals surface area contributed by atoms with Gasteiger partial charge < -0.3 is 0 Å². The molecule has 112 valence electrons. The highest BCUT2D eigenvalue weighted by Crippen LogP contribution is 2.29. The molecular formula is C14H21ClN2O2S. The first-order valence-corrected chi connectivity index (χ1v) is 8.78. The van der Waals surface area contributed by atoms with Crippen LogP contribution in [0.1, 0.15) is 37.6 Å². The van der Waals surface area contributed by atoms with Crippen molar-refractivity contribution in [3.8, 4) is 0 Å². The minimum atomic E-state index is -3.50. The van der Waals surface area contributed by atoms with Crippen LogP contribution < -0.4 is 4.72 Å². The van der Waals surface area contributed by atoms with Gasteiger partial charge in [0.25, 0.3) is 0 Å². The van der Waals surface area contributed by atoms with Crippen molar-refractivity contribution in [3.05, 3.63) is 29.8 Å². The molecule has 1 heterocycles. The van der Waals surface area contributed by atoms with Crippen LogP contribution in [-0.4, -0.2) is 25.8 Å². The summed E-state index contributed by atoms with van der Waals surface area (Å²) in [6.07, 6.45) is 2.00. The van der Waals surface area contributed by atoms with Gasteiger partial charge in [-0.05, 0) is 37.3 Å². The van der Waals surface area contributed by atoms with Crippen molar-refractivity contribution in [1.82, 2.24) is 4.31 Å². The van der Waals surface area contributed by atoms with E-state index in [-0.39, 0.29) is 5.38 Å². The van der Waals surface area contributed by atoms with Gasteiger partial charge in [-0.2, -0.15) is 12.7 Å². The topological polar surface area (TPSA) is 49.4 Å². The molecule has 4 nitrogen and oxygen atoms in total. The largest absolute Gasteiger partial charge is 0.301 e. The monoisotopic (exact) mass is 316 g/mol. The second kappa shape index (κ2) is 6.33. The molecule has 1 aliphatic rings. The Morgan fingerprint density at radius 3 is 2.75 bits per heavy atom. The molecule has 1 aromatic carbocycles. The van der Waals surface area contributed by atoms with Crippen molar-refractivity contribution in [1.29, 1.82) is 0 Å². The summed E-state index contributed by atoms with van der Waals surface area (Å²) in [5, 5.41) is -0.242. The van der Waals surface area contributed by atoms with Crippen molar-refractivity contribution in [2.24, 2.45) is 5.92 Å². The average molecular weight is 317 g/mol. The number of alkyl halides is 1. The van der Waals surface area contributed by atoms with E-state index in [0.717, 1.165) is 18.4 Å². The van der Waals surface area contributed by atoms with E-state index >= 15 is 0 Å². The molecule has 1 fully saturated rings. The zero-order valence-corrected chi connectivity index (χ0v) is 13.4. The fraction of sp³-hybridized carbons (Fsp3) is 0.571. The minimum Gasteiger partial charge on any atom is -0.271 e. The molecule has 0 aromatic heterocycles. The Bertz CT molecular complexity index is 560. The van der Waals surface area contributed by atoms with E-state index in [0.29, 0.717) is 24.7 Å². The van der Waals surface area contributed by atoms with Gasteiger partial charge in [0.1, 0.15) is 0 Å². The van der Waals surface area contributed by atoms with E-state index in [1.807, 2.05) is 19.1 Å². The first kappa shape index (κ1) is 15.6. The Morgan fingerprint density at radius 1 is 1.40 bits per heavy atom. The van der Waals surface area contributed by atoms with E-state index in [1.54, 1.807) is 12.1 Å². The minimum absolute atomic E-state index is 0.242. The molecule has 2 atom stereocenters. The molecule has 0 radical (unpaired) electrons. The smallest absolute Gasteiger partial charge is 0.271 e. The third-order valence-electron chi connectivity index (χ3n) is 3.59. The van der Waals surface area contributed by atoms with Gasteiger partial charge in [0.05, 0.1) is 11.1 Å². The van der Waals surface area contributed by atoms with Crippen LogP contribution in [-0.2, 0) is 10.2 Å². The Balaban J connectivity index is 2.20. The highest BCUT2D eigenvalue weighted by molar-refractivity contribution is 7.90. The number of piperidine rings is 1. The van der Waals surface area contributed by atoms with E-state index in [9.17, 15) is 8.42 Å².